The van der Waals surface area contributed by atoms with Gasteiger partial charge in [-0.3, -0.25) is 4.79 Å². The highest BCUT2D eigenvalue weighted by Gasteiger charge is 2.27. The molecule has 0 radical (unpaired) electrons. The summed E-state index contributed by atoms with van der Waals surface area (Å²) < 4.78 is 27.5. The van der Waals surface area contributed by atoms with E-state index in [1.54, 1.807) is 12.1 Å². The molecule has 0 aromatic heterocycles. The molecule has 1 N–H and O–H groups in total. The Bertz CT molecular complexity index is 966. The van der Waals surface area contributed by atoms with Gasteiger partial charge in [0.25, 0.3) is 5.91 Å². The van der Waals surface area contributed by atoms with E-state index in [1.165, 1.54) is 10.4 Å². The predicted octanol–water partition coefficient (Wildman–Crippen LogP) is 3.81. The number of nitrogens with zero attached hydrogens (tertiary/aromatic N) is 2. The number of sulfonamides is 1. The zero-order valence-corrected chi connectivity index (χ0v) is 18.8. The molecule has 1 unspecified atom stereocenters. The molecule has 2 aromatic rings. The summed E-state index contributed by atoms with van der Waals surface area (Å²) in [6.07, 6.45) is 2.14. The minimum atomic E-state index is -3.64. The highest BCUT2D eigenvalue weighted by molar-refractivity contribution is 7.89. The number of hydrogen-bond acceptors (Lipinski definition) is 4. The van der Waals surface area contributed by atoms with E-state index < -0.39 is 10.0 Å². The van der Waals surface area contributed by atoms with E-state index in [4.69, 9.17) is 0 Å². The lowest BCUT2D eigenvalue weighted by Gasteiger charge is -2.24. The number of carbonyl (C=O) groups is 1. The Morgan fingerprint density at radius 2 is 1.70 bits per heavy atom. The SMILES string of the molecule is CCN(CC)S(=O)(=O)c1ccc(N2CCCC2)c(C(=O)NC(C)c2ccccc2)c1. The fraction of sp³-hybridized carbons (Fsp3) is 0.435. The summed E-state index contributed by atoms with van der Waals surface area (Å²) in [5, 5.41) is 3.04. The van der Waals surface area contributed by atoms with Crippen molar-refractivity contribution in [2.75, 3.05) is 31.1 Å². The third-order valence-corrected chi connectivity index (χ3v) is 7.70. The van der Waals surface area contributed by atoms with Gasteiger partial charge in [-0.2, -0.15) is 4.31 Å². The van der Waals surface area contributed by atoms with Crippen molar-refractivity contribution < 1.29 is 13.2 Å². The van der Waals surface area contributed by atoms with Gasteiger partial charge in [0.2, 0.25) is 10.0 Å². The highest BCUT2D eigenvalue weighted by Crippen LogP contribution is 2.29. The van der Waals surface area contributed by atoms with Crippen molar-refractivity contribution in [3.63, 3.8) is 0 Å². The van der Waals surface area contributed by atoms with Crippen LogP contribution in [0.15, 0.2) is 53.4 Å². The minimum Gasteiger partial charge on any atom is -0.371 e. The van der Waals surface area contributed by atoms with Gasteiger partial charge in [-0.25, -0.2) is 8.42 Å². The van der Waals surface area contributed by atoms with Gasteiger partial charge in [-0.15, -0.1) is 0 Å². The number of carbonyl (C=O) groups excluding carboxylic acids is 1. The summed E-state index contributed by atoms with van der Waals surface area (Å²) in [6.45, 7) is 8.08. The van der Waals surface area contributed by atoms with Gasteiger partial charge < -0.3 is 10.2 Å². The molecule has 1 aliphatic rings. The molecule has 1 heterocycles. The summed E-state index contributed by atoms with van der Waals surface area (Å²) in [6, 6.07) is 14.5. The van der Waals surface area contributed by atoms with E-state index in [0.29, 0.717) is 18.7 Å². The number of rotatable bonds is 8. The summed E-state index contributed by atoms with van der Waals surface area (Å²) in [4.78, 5) is 15.6. The van der Waals surface area contributed by atoms with Crippen molar-refractivity contribution in [3.05, 3.63) is 59.7 Å². The number of benzene rings is 2. The zero-order chi connectivity index (χ0) is 21.7. The third-order valence-electron chi connectivity index (χ3n) is 5.65. The summed E-state index contributed by atoms with van der Waals surface area (Å²) >= 11 is 0. The Morgan fingerprint density at radius 3 is 2.30 bits per heavy atom. The van der Waals surface area contributed by atoms with Crippen LogP contribution in [0.25, 0.3) is 0 Å². The largest absolute Gasteiger partial charge is 0.371 e. The maximum Gasteiger partial charge on any atom is 0.253 e. The van der Waals surface area contributed by atoms with Crippen LogP contribution in [0.3, 0.4) is 0 Å². The van der Waals surface area contributed by atoms with Crippen LogP contribution in [0.5, 0.6) is 0 Å². The van der Waals surface area contributed by atoms with Crippen molar-refractivity contribution in [1.29, 1.82) is 0 Å². The van der Waals surface area contributed by atoms with E-state index in [2.05, 4.69) is 10.2 Å². The minimum absolute atomic E-state index is 0.159. The van der Waals surface area contributed by atoms with Crippen LogP contribution < -0.4 is 10.2 Å². The van der Waals surface area contributed by atoms with Crippen molar-refractivity contribution >= 4 is 21.6 Å². The lowest BCUT2D eigenvalue weighted by Crippen LogP contribution is -2.32. The first-order chi connectivity index (χ1) is 14.4. The van der Waals surface area contributed by atoms with Crippen LogP contribution in [0, 0.1) is 0 Å². The molecule has 2 aromatic carbocycles. The molecule has 0 spiro atoms. The van der Waals surface area contributed by atoms with Crippen LogP contribution in [-0.2, 0) is 10.0 Å². The molecule has 30 heavy (non-hydrogen) atoms. The Balaban J connectivity index is 1.97. The Hall–Kier alpha value is -2.38. The summed E-state index contributed by atoms with van der Waals surface area (Å²) in [5.41, 5.74) is 2.21. The summed E-state index contributed by atoms with van der Waals surface area (Å²) in [7, 11) is -3.64. The Labute approximate surface area is 179 Å². The number of amides is 1. The molecule has 1 aliphatic heterocycles. The van der Waals surface area contributed by atoms with Crippen LogP contribution in [0.4, 0.5) is 5.69 Å². The molecule has 0 aliphatic carbocycles. The third kappa shape index (κ3) is 4.68. The molecule has 0 saturated carbocycles. The van der Waals surface area contributed by atoms with Gasteiger partial charge in [0.15, 0.2) is 0 Å². The Kier molecular flexibility index (Phi) is 7.15. The second-order valence-electron chi connectivity index (χ2n) is 7.57. The molecule has 162 valence electrons. The molecule has 6 nitrogen and oxygen atoms in total. The number of nitrogens with one attached hydrogen (secondary N) is 1. The normalized spacial score (nSPS) is 15.4. The van der Waals surface area contributed by atoms with E-state index in [1.807, 2.05) is 51.1 Å². The summed E-state index contributed by atoms with van der Waals surface area (Å²) in [5.74, 6) is -0.259. The molecular weight excluding hydrogens is 398 g/mol. The zero-order valence-electron chi connectivity index (χ0n) is 18.0. The lowest BCUT2D eigenvalue weighted by molar-refractivity contribution is 0.0940. The first-order valence-corrected chi connectivity index (χ1v) is 12.1. The molecule has 1 atom stereocenters. The van der Waals surface area contributed by atoms with E-state index in [9.17, 15) is 13.2 Å². The first-order valence-electron chi connectivity index (χ1n) is 10.6. The molecule has 1 fully saturated rings. The van der Waals surface area contributed by atoms with Crippen LogP contribution in [0.1, 0.15) is 55.6 Å². The first kappa shape index (κ1) is 22.3. The molecule has 1 saturated heterocycles. The van der Waals surface area contributed by atoms with Gasteiger partial charge in [0.1, 0.15) is 0 Å². The average Bonchev–Trinajstić information content (AvgIpc) is 3.29. The molecule has 1 amide bonds. The van der Waals surface area contributed by atoms with Gasteiger partial charge in [0, 0.05) is 31.9 Å². The van der Waals surface area contributed by atoms with E-state index in [0.717, 1.165) is 37.2 Å². The number of anilines is 1. The standard InChI is InChI=1S/C23H31N3O3S/c1-4-26(5-2)30(28,29)20-13-14-22(25-15-9-10-16-25)21(17-20)23(27)24-18(3)19-11-7-6-8-12-19/h6-8,11-14,17-18H,4-5,9-10,15-16H2,1-3H3,(H,24,27). The van der Waals surface area contributed by atoms with Crippen molar-refractivity contribution in [1.82, 2.24) is 9.62 Å². The monoisotopic (exact) mass is 429 g/mol. The molecular formula is C23H31N3O3S. The molecule has 7 heteroatoms. The fourth-order valence-corrected chi connectivity index (χ4v) is 5.39. The van der Waals surface area contributed by atoms with Crippen molar-refractivity contribution in [2.24, 2.45) is 0 Å². The van der Waals surface area contributed by atoms with E-state index >= 15 is 0 Å². The fourth-order valence-electron chi connectivity index (χ4n) is 3.90. The quantitative estimate of drug-likeness (QED) is 0.693. The van der Waals surface area contributed by atoms with Crippen LogP contribution in [-0.4, -0.2) is 44.8 Å². The lowest BCUT2D eigenvalue weighted by atomic mass is 10.1. The molecule has 3 rings (SSSR count). The van der Waals surface area contributed by atoms with Crippen LogP contribution >= 0.6 is 0 Å². The topological polar surface area (TPSA) is 69.7 Å². The predicted molar refractivity (Wildman–Crippen MR) is 120 cm³/mol. The number of hydrogen-bond donors (Lipinski definition) is 1. The second-order valence-corrected chi connectivity index (χ2v) is 9.51. The van der Waals surface area contributed by atoms with E-state index in [-0.39, 0.29) is 16.8 Å². The van der Waals surface area contributed by atoms with Crippen molar-refractivity contribution in [3.8, 4) is 0 Å². The van der Waals surface area contributed by atoms with Gasteiger partial charge in [-0.05, 0) is 43.5 Å². The van der Waals surface area contributed by atoms with Crippen molar-refractivity contribution in [2.45, 2.75) is 44.6 Å². The van der Waals surface area contributed by atoms with Gasteiger partial charge in [-0.1, -0.05) is 44.2 Å². The van der Waals surface area contributed by atoms with Gasteiger partial charge in [0.05, 0.1) is 16.5 Å². The van der Waals surface area contributed by atoms with Gasteiger partial charge >= 0.3 is 0 Å². The smallest absolute Gasteiger partial charge is 0.253 e. The maximum absolute atomic E-state index is 13.2. The highest BCUT2D eigenvalue weighted by atomic mass is 32.2. The molecule has 0 bridgehead atoms. The second kappa shape index (κ2) is 9.62. The average molecular weight is 430 g/mol. The van der Waals surface area contributed by atoms with Crippen LogP contribution in [0.2, 0.25) is 0 Å². The maximum atomic E-state index is 13.2. The Morgan fingerprint density at radius 1 is 1.07 bits per heavy atom.